The first-order chi connectivity index (χ1) is 9.60. The van der Waals surface area contributed by atoms with Gasteiger partial charge in [-0.15, -0.1) is 0 Å². The van der Waals surface area contributed by atoms with Crippen LogP contribution in [-0.4, -0.2) is 43.3 Å². The minimum atomic E-state index is 0.0938. The number of nitriles is 1. The molecule has 108 valence electrons. The Morgan fingerprint density at radius 1 is 1.50 bits per heavy atom. The van der Waals surface area contributed by atoms with Crippen molar-refractivity contribution in [2.75, 3.05) is 26.3 Å². The highest BCUT2D eigenvalue weighted by atomic mass is 16.5. The van der Waals surface area contributed by atoms with E-state index in [1.807, 2.05) is 13.0 Å². The Balaban J connectivity index is 1.93. The molecule has 1 atom stereocenters. The number of aryl methyl sites for hydroxylation is 1. The van der Waals surface area contributed by atoms with Gasteiger partial charge in [0.05, 0.1) is 18.2 Å². The van der Waals surface area contributed by atoms with E-state index < -0.39 is 0 Å². The summed E-state index contributed by atoms with van der Waals surface area (Å²) in [6.07, 6.45) is 0.0938. The first-order valence-electron chi connectivity index (χ1n) is 7.09. The highest BCUT2D eigenvalue weighted by Gasteiger charge is 2.22. The summed E-state index contributed by atoms with van der Waals surface area (Å²) >= 11 is 0. The molecule has 0 bridgehead atoms. The zero-order chi connectivity index (χ0) is 14.5. The van der Waals surface area contributed by atoms with Crippen molar-refractivity contribution in [2.24, 2.45) is 0 Å². The van der Waals surface area contributed by atoms with Crippen molar-refractivity contribution >= 4 is 0 Å². The van der Waals surface area contributed by atoms with E-state index in [4.69, 9.17) is 14.7 Å². The summed E-state index contributed by atoms with van der Waals surface area (Å²) in [4.78, 5) is 2.40. The van der Waals surface area contributed by atoms with Crippen LogP contribution in [0, 0.1) is 18.3 Å². The van der Waals surface area contributed by atoms with E-state index in [0.717, 1.165) is 31.0 Å². The molecular formula is C16H22N2O2. The zero-order valence-electron chi connectivity index (χ0n) is 12.4. The second-order valence-electron chi connectivity index (χ2n) is 5.48. The molecule has 1 unspecified atom stereocenters. The van der Waals surface area contributed by atoms with E-state index in [0.29, 0.717) is 18.2 Å². The molecule has 1 fully saturated rings. The van der Waals surface area contributed by atoms with Crippen molar-refractivity contribution in [3.05, 3.63) is 29.3 Å². The van der Waals surface area contributed by atoms with Gasteiger partial charge in [0.25, 0.3) is 0 Å². The van der Waals surface area contributed by atoms with E-state index in [9.17, 15) is 0 Å². The van der Waals surface area contributed by atoms with E-state index in [2.05, 4.69) is 24.8 Å². The molecule has 4 heteroatoms. The smallest absolute Gasteiger partial charge is 0.123 e. The van der Waals surface area contributed by atoms with Crippen LogP contribution in [0.1, 0.15) is 25.0 Å². The molecule has 0 saturated carbocycles. The van der Waals surface area contributed by atoms with E-state index in [1.165, 1.54) is 0 Å². The fourth-order valence-corrected chi connectivity index (χ4v) is 2.32. The normalized spacial score (nSPS) is 19.9. The lowest BCUT2D eigenvalue weighted by molar-refractivity contribution is -0.0565. The van der Waals surface area contributed by atoms with Crippen LogP contribution in [0.5, 0.6) is 5.75 Å². The Hall–Kier alpha value is -1.57. The van der Waals surface area contributed by atoms with Crippen LogP contribution in [0.25, 0.3) is 0 Å². The fourth-order valence-electron chi connectivity index (χ4n) is 2.32. The van der Waals surface area contributed by atoms with Crippen LogP contribution in [0.4, 0.5) is 0 Å². The summed E-state index contributed by atoms with van der Waals surface area (Å²) in [5, 5.41) is 8.93. The van der Waals surface area contributed by atoms with Crippen molar-refractivity contribution < 1.29 is 9.47 Å². The van der Waals surface area contributed by atoms with Gasteiger partial charge < -0.3 is 9.47 Å². The summed E-state index contributed by atoms with van der Waals surface area (Å²) in [5.41, 5.74) is 1.67. The van der Waals surface area contributed by atoms with Crippen molar-refractivity contribution in [3.63, 3.8) is 0 Å². The minimum absolute atomic E-state index is 0.0938. The zero-order valence-corrected chi connectivity index (χ0v) is 12.4. The van der Waals surface area contributed by atoms with Gasteiger partial charge in [-0.25, -0.2) is 0 Å². The molecule has 0 spiro atoms. The van der Waals surface area contributed by atoms with E-state index >= 15 is 0 Å². The van der Waals surface area contributed by atoms with Crippen LogP contribution >= 0.6 is 0 Å². The Kier molecular flexibility index (Phi) is 4.99. The first kappa shape index (κ1) is 14.8. The summed E-state index contributed by atoms with van der Waals surface area (Å²) in [7, 11) is 0. The van der Waals surface area contributed by atoms with E-state index in [-0.39, 0.29) is 6.10 Å². The standard InChI is InChI=1S/C16H22N2O2/c1-12(2)18-6-7-19-15(10-18)11-20-16-8-14(9-17)5-4-13(16)3/h4-5,8,12,15H,6-7,10-11H2,1-3H3. The maximum Gasteiger partial charge on any atom is 0.123 e. The van der Waals surface area contributed by atoms with Gasteiger partial charge >= 0.3 is 0 Å². The molecule has 1 saturated heterocycles. The second kappa shape index (κ2) is 6.74. The number of ether oxygens (including phenoxy) is 2. The topological polar surface area (TPSA) is 45.5 Å². The summed E-state index contributed by atoms with van der Waals surface area (Å²) in [6.45, 7) is 9.54. The van der Waals surface area contributed by atoms with Gasteiger partial charge in [0.15, 0.2) is 0 Å². The molecular weight excluding hydrogens is 252 g/mol. The molecule has 0 amide bonds. The Labute approximate surface area is 120 Å². The number of nitrogens with zero attached hydrogens (tertiary/aromatic N) is 2. The lowest BCUT2D eigenvalue weighted by atomic mass is 10.1. The Bertz CT molecular complexity index is 494. The number of rotatable bonds is 4. The molecule has 1 aliphatic rings. The molecule has 1 aromatic rings. The number of hydrogen-bond donors (Lipinski definition) is 0. The largest absolute Gasteiger partial charge is 0.491 e. The summed E-state index contributed by atoms with van der Waals surface area (Å²) < 4.78 is 11.6. The maximum absolute atomic E-state index is 8.93. The van der Waals surface area contributed by atoms with Crippen molar-refractivity contribution in [1.29, 1.82) is 5.26 Å². The monoisotopic (exact) mass is 274 g/mol. The lowest BCUT2D eigenvalue weighted by Gasteiger charge is -2.35. The molecule has 1 heterocycles. The number of hydrogen-bond acceptors (Lipinski definition) is 4. The molecule has 1 aliphatic heterocycles. The summed E-state index contributed by atoms with van der Waals surface area (Å²) in [5.74, 6) is 0.773. The number of morpholine rings is 1. The van der Waals surface area contributed by atoms with Gasteiger partial charge in [-0.05, 0) is 38.5 Å². The molecule has 4 nitrogen and oxygen atoms in total. The van der Waals surface area contributed by atoms with Crippen molar-refractivity contribution in [3.8, 4) is 11.8 Å². The highest BCUT2D eigenvalue weighted by Crippen LogP contribution is 2.20. The van der Waals surface area contributed by atoms with E-state index in [1.54, 1.807) is 12.1 Å². The van der Waals surface area contributed by atoms with Crippen LogP contribution in [0.15, 0.2) is 18.2 Å². The third-order valence-corrected chi connectivity index (χ3v) is 3.64. The highest BCUT2D eigenvalue weighted by molar-refractivity contribution is 5.41. The van der Waals surface area contributed by atoms with Gasteiger partial charge in [-0.1, -0.05) is 6.07 Å². The quantitative estimate of drug-likeness (QED) is 0.845. The average molecular weight is 274 g/mol. The van der Waals surface area contributed by atoms with Crippen LogP contribution in [0.3, 0.4) is 0 Å². The molecule has 0 N–H and O–H groups in total. The summed E-state index contributed by atoms with van der Waals surface area (Å²) in [6, 6.07) is 8.18. The van der Waals surface area contributed by atoms with Crippen LogP contribution in [-0.2, 0) is 4.74 Å². The lowest BCUT2D eigenvalue weighted by Crippen LogP contribution is -2.47. The third-order valence-electron chi connectivity index (χ3n) is 3.64. The average Bonchev–Trinajstić information content (AvgIpc) is 2.46. The maximum atomic E-state index is 8.93. The molecule has 0 radical (unpaired) electrons. The predicted molar refractivity (Wildman–Crippen MR) is 77.8 cm³/mol. The van der Waals surface area contributed by atoms with Crippen molar-refractivity contribution in [1.82, 2.24) is 4.90 Å². The second-order valence-corrected chi connectivity index (χ2v) is 5.48. The Morgan fingerprint density at radius 3 is 3.00 bits per heavy atom. The Morgan fingerprint density at radius 2 is 2.30 bits per heavy atom. The molecule has 0 aromatic heterocycles. The molecule has 2 rings (SSSR count). The fraction of sp³-hybridized carbons (Fsp3) is 0.562. The number of benzene rings is 1. The van der Waals surface area contributed by atoms with Gasteiger partial charge in [-0.3, -0.25) is 4.90 Å². The molecule has 0 aliphatic carbocycles. The van der Waals surface area contributed by atoms with Gasteiger partial charge in [-0.2, -0.15) is 5.26 Å². The third kappa shape index (κ3) is 3.72. The van der Waals surface area contributed by atoms with Crippen molar-refractivity contribution in [2.45, 2.75) is 32.9 Å². The van der Waals surface area contributed by atoms with Crippen LogP contribution in [0.2, 0.25) is 0 Å². The van der Waals surface area contributed by atoms with Gasteiger partial charge in [0.1, 0.15) is 18.5 Å². The first-order valence-corrected chi connectivity index (χ1v) is 7.09. The minimum Gasteiger partial charge on any atom is -0.491 e. The molecule has 1 aromatic carbocycles. The van der Waals surface area contributed by atoms with Gasteiger partial charge in [0.2, 0.25) is 0 Å². The molecule has 20 heavy (non-hydrogen) atoms. The van der Waals surface area contributed by atoms with Crippen LogP contribution < -0.4 is 4.74 Å². The SMILES string of the molecule is Cc1ccc(C#N)cc1OCC1CN(C(C)C)CCO1. The van der Waals surface area contributed by atoms with Gasteiger partial charge in [0, 0.05) is 19.1 Å². The predicted octanol–water partition coefficient (Wildman–Crippen LogP) is 2.35.